The molecule has 3 fully saturated rings. The van der Waals surface area contributed by atoms with E-state index in [-0.39, 0.29) is 53.5 Å². The number of nitrogens with one attached hydrogen (secondary N) is 4. The number of aromatic amines is 2. The minimum absolute atomic E-state index is 0.0210. The van der Waals surface area contributed by atoms with Crippen LogP contribution >= 0.6 is 0 Å². The predicted octanol–water partition coefficient (Wildman–Crippen LogP) is 6.91. The Labute approximate surface area is 386 Å². The SMILES string of the molecule is COC[C@H]1C[C@@H](c2nc3c(ccc4cc(C5=CCC6C(=C5)C=Cc5nc([C@@H]7CCCN7C(=O)[C@@H](NC(O)OC)C(C)C)[nH]c56)ccc43)[nH]2)N(C(O)[C@H](NC(=O)C2CCC2)C2C=CC=CC2)C1. The normalized spacial score (nSPS) is 26.0. The fourth-order valence-corrected chi connectivity index (χ4v) is 11.2. The molecule has 348 valence electrons. The number of ether oxygens (including phenoxy) is 2. The summed E-state index contributed by atoms with van der Waals surface area (Å²) in [7, 11) is 3.13. The summed E-state index contributed by atoms with van der Waals surface area (Å²) < 4.78 is 10.7. The molecule has 14 nitrogen and oxygen atoms in total. The van der Waals surface area contributed by atoms with Crippen molar-refractivity contribution in [3.63, 3.8) is 0 Å². The van der Waals surface area contributed by atoms with Gasteiger partial charge in [0.15, 0.2) is 0 Å². The van der Waals surface area contributed by atoms with Gasteiger partial charge in [-0.3, -0.25) is 19.8 Å². The number of hydrogen-bond acceptors (Lipinski definition) is 10. The van der Waals surface area contributed by atoms with Crippen LogP contribution in [0, 0.1) is 23.7 Å². The summed E-state index contributed by atoms with van der Waals surface area (Å²) >= 11 is 0. The summed E-state index contributed by atoms with van der Waals surface area (Å²) in [5.74, 6) is 1.89. The standard InChI is InChI=1S/C52H64N8O6/c1-29(2)43(58-52(64)66-4)50(62)59-23-9-14-41(59)47-53-39-21-17-35-25-33(15-19-37(35)45(39)55-47)34-16-20-38-36(26-34)18-22-40-46(38)56-48(54-40)42-24-30(28-65-3)27-60(42)51(63)44(31-10-6-5-7-11-31)57-49(61)32-12-8-13-32/h5-7,10,15-18,20-22,25-26,29-32,37,41-44,51-52,58,63-64H,8-9,11-14,19,23-24,27-28H2,1-4H3,(H,53,55)(H,54,56)(H,57,61)/t30-,31?,37?,41-,42-,43-,44+,51?,52?/m0/s1. The average Bonchev–Trinajstić information content (AvgIpc) is 4.14. The summed E-state index contributed by atoms with van der Waals surface area (Å²) in [5, 5.41) is 30.8. The number of aliphatic hydroxyl groups excluding tert-OH is 2. The summed E-state index contributed by atoms with van der Waals surface area (Å²) in [6.07, 6.45) is 21.9. The number of likely N-dealkylation sites (tertiary alicyclic amines) is 2. The molecule has 4 unspecified atom stereocenters. The number of carbonyl (C=O) groups is 2. The van der Waals surface area contributed by atoms with Crippen LogP contribution in [0.2, 0.25) is 0 Å². The second-order valence-corrected chi connectivity index (χ2v) is 19.6. The molecular formula is C52H64N8O6. The first-order chi connectivity index (χ1) is 32.1. The predicted molar refractivity (Wildman–Crippen MR) is 254 cm³/mol. The van der Waals surface area contributed by atoms with Gasteiger partial charge in [-0.1, -0.05) is 81.0 Å². The zero-order valence-electron chi connectivity index (χ0n) is 38.5. The lowest BCUT2D eigenvalue weighted by atomic mass is 9.81. The van der Waals surface area contributed by atoms with Gasteiger partial charge in [0.1, 0.15) is 17.9 Å². The Balaban J connectivity index is 0.873. The van der Waals surface area contributed by atoms with Gasteiger partial charge in [0.05, 0.1) is 53.2 Å². The van der Waals surface area contributed by atoms with E-state index in [0.717, 1.165) is 102 Å². The Morgan fingerprint density at radius 1 is 0.970 bits per heavy atom. The monoisotopic (exact) mass is 896 g/mol. The summed E-state index contributed by atoms with van der Waals surface area (Å²) in [6, 6.07) is 9.46. The van der Waals surface area contributed by atoms with Crippen LogP contribution in [0.4, 0.5) is 0 Å². The fourth-order valence-electron chi connectivity index (χ4n) is 11.2. The molecule has 2 aromatic carbocycles. The van der Waals surface area contributed by atoms with E-state index in [9.17, 15) is 19.8 Å². The highest BCUT2D eigenvalue weighted by Crippen LogP contribution is 2.44. The van der Waals surface area contributed by atoms with Gasteiger partial charge in [0.2, 0.25) is 18.2 Å². The van der Waals surface area contributed by atoms with Crippen molar-refractivity contribution in [1.82, 2.24) is 40.4 Å². The number of aliphatic hydroxyl groups is 2. The number of nitrogens with zero attached hydrogens (tertiary/aromatic N) is 4. The molecule has 4 aliphatic carbocycles. The van der Waals surface area contributed by atoms with Gasteiger partial charge >= 0.3 is 0 Å². The lowest BCUT2D eigenvalue weighted by Gasteiger charge is -2.39. The molecule has 2 saturated heterocycles. The highest BCUT2D eigenvalue weighted by atomic mass is 16.6. The molecule has 1 saturated carbocycles. The molecule has 2 aliphatic heterocycles. The third-order valence-corrected chi connectivity index (χ3v) is 15.1. The Hall–Kier alpha value is -5.22. The van der Waals surface area contributed by atoms with E-state index >= 15 is 0 Å². The van der Waals surface area contributed by atoms with E-state index < -0.39 is 24.7 Å². The molecular weight excluding hydrogens is 833 g/mol. The zero-order valence-corrected chi connectivity index (χ0v) is 38.5. The Morgan fingerprint density at radius 3 is 2.58 bits per heavy atom. The molecule has 2 amide bonds. The molecule has 0 bridgehead atoms. The van der Waals surface area contributed by atoms with Crippen LogP contribution in [-0.2, 0) is 19.1 Å². The van der Waals surface area contributed by atoms with Crippen molar-refractivity contribution in [2.24, 2.45) is 23.7 Å². The average molecular weight is 897 g/mol. The molecule has 4 heterocycles. The van der Waals surface area contributed by atoms with Crippen molar-refractivity contribution in [3.8, 4) is 0 Å². The Kier molecular flexibility index (Phi) is 12.7. The molecule has 0 spiro atoms. The second kappa shape index (κ2) is 18.8. The van der Waals surface area contributed by atoms with Crippen LogP contribution in [-0.4, -0.2) is 110 Å². The molecule has 6 aliphatic rings. The van der Waals surface area contributed by atoms with Crippen molar-refractivity contribution in [3.05, 3.63) is 107 Å². The molecule has 66 heavy (non-hydrogen) atoms. The minimum atomic E-state index is -1.22. The number of benzene rings is 2. The topological polar surface area (TPSA) is 181 Å². The number of aromatic nitrogens is 4. The van der Waals surface area contributed by atoms with Crippen LogP contribution < -0.4 is 10.6 Å². The van der Waals surface area contributed by atoms with Crippen LogP contribution in [0.1, 0.15) is 112 Å². The van der Waals surface area contributed by atoms with Gasteiger partial charge in [-0.05, 0) is 97.1 Å². The van der Waals surface area contributed by atoms with Crippen molar-refractivity contribution in [2.75, 3.05) is 33.9 Å². The summed E-state index contributed by atoms with van der Waals surface area (Å²) in [5.41, 5.74) is 7.36. The molecule has 6 N–H and O–H groups in total. The van der Waals surface area contributed by atoms with Crippen LogP contribution in [0.5, 0.6) is 0 Å². The number of allylic oxidation sites excluding steroid dienone is 8. The lowest BCUT2D eigenvalue weighted by Crippen LogP contribution is -2.56. The molecule has 2 aromatic heterocycles. The molecule has 10 rings (SSSR count). The lowest BCUT2D eigenvalue weighted by molar-refractivity contribution is -0.145. The van der Waals surface area contributed by atoms with Crippen molar-refractivity contribution < 1.29 is 29.3 Å². The smallest absolute Gasteiger partial charge is 0.240 e. The van der Waals surface area contributed by atoms with Crippen LogP contribution in [0.15, 0.2) is 78.4 Å². The quantitative estimate of drug-likeness (QED) is 0.0687. The fraction of sp³-hybridized carbons (Fsp3) is 0.500. The Morgan fingerprint density at radius 2 is 1.82 bits per heavy atom. The Bertz CT molecular complexity index is 2620. The molecule has 14 heteroatoms. The minimum Gasteiger partial charge on any atom is -0.384 e. The van der Waals surface area contributed by atoms with E-state index in [1.807, 2.05) is 30.9 Å². The summed E-state index contributed by atoms with van der Waals surface area (Å²) in [4.78, 5) is 48.9. The molecule has 0 radical (unpaired) electrons. The number of carbonyl (C=O) groups excluding carboxylic acids is 2. The summed E-state index contributed by atoms with van der Waals surface area (Å²) in [6.45, 7) is 5.77. The second-order valence-electron chi connectivity index (χ2n) is 19.6. The first-order valence-electron chi connectivity index (χ1n) is 24.0. The number of H-pyrrole nitrogens is 2. The zero-order chi connectivity index (χ0) is 45.6. The van der Waals surface area contributed by atoms with Crippen LogP contribution in [0.25, 0.3) is 33.5 Å². The maximum absolute atomic E-state index is 13.8. The number of imidazole rings is 2. The van der Waals surface area contributed by atoms with Crippen LogP contribution in [0.3, 0.4) is 0 Å². The number of methoxy groups -OCH3 is 2. The van der Waals surface area contributed by atoms with Crippen molar-refractivity contribution in [2.45, 2.75) is 108 Å². The van der Waals surface area contributed by atoms with Gasteiger partial charge in [0, 0.05) is 50.4 Å². The first-order valence-corrected chi connectivity index (χ1v) is 24.0. The third-order valence-electron chi connectivity index (χ3n) is 15.1. The largest absolute Gasteiger partial charge is 0.384 e. The maximum atomic E-state index is 13.8. The van der Waals surface area contributed by atoms with Gasteiger partial charge < -0.3 is 39.9 Å². The van der Waals surface area contributed by atoms with Gasteiger partial charge in [-0.15, -0.1) is 0 Å². The third kappa shape index (κ3) is 8.52. The first kappa shape index (κ1) is 44.6. The van der Waals surface area contributed by atoms with Crippen molar-refractivity contribution in [1.29, 1.82) is 0 Å². The van der Waals surface area contributed by atoms with Gasteiger partial charge in [0.25, 0.3) is 0 Å². The van der Waals surface area contributed by atoms with E-state index in [1.165, 1.54) is 18.3 Å². The molecule has 9 atom stereocenters. The number of hydrogen-bond donors (Lipinski definition) is 6. The van der Waals surface area contributed by atoms with E-state index in [4.69, 9.17) is 19.4 Å². The highest BCUT2D eigenvalue weighted by molar-refractivity contribution is 6.05. The highest BCUT2D eigenvalue weighted by Gasteiger charge is 2.44. The van der Waals surface area contributed by atoms with Crippen molar-refractivity contribution >= 4 is 45.3 Å². The molecule has 4 aromatic rings. The number of rotatable bonds is 15. The number of fused-ring (bicyclic) bond motifs is 6. The van der Waals surface area contributed by atoms with E-state index in [1.54, 1.807) is 7.11 Å². The maximum Gasteiger partial charge on any atom is 0.240 e. The van der Waals surface area contributed by atoms with Gasteiger partial charge in [-0.25, -0.2) is 9.97 Å². The van der Waals surface area contributed by atoms with Gasteiger partial charge in [-0.2, -0.15) is 0 Å². The number of amides is 2. The van der Waals surface area contributed by atoms with E-state index in [0.29, 0.717) is 19.7 Å². The van der Waals surface area contributed by atoms with E-state index in [2.05, 4.69) is 92.3 Å².